The van der Waals surface area contributed by atoms with Gasteiger partial charge in [0.1, 0.15) is 4.90 Å². The van der Waals surface area contributed by atoms with Gasteiger partial charge in [-0.15, -0.1) is 0 Å². The Morgan fingerprint density at radius 1 is 1.29 bits per heavy atom. The number of halogens is 1. The number of piperidine rings is 1. The number of amides is 1. The summed E-state index contributed by atoms with van der Waals surface area (Å²) in [5.74, 6) is 0.429. The van der Waals surface area contributed by atoms with E-state index in [9.17, 15) is 13.2 Å². The maximum absolute atomic E-state index is 13.2. The molecule has 4 rings (SSSR count). The molecule has 2 aliphatic rings. The molecule has 31 heavy (non-hydrogen) atoms. The third-order valence-electron chi connectivity index (χ3n) is 5.69. The van der Waals surface area contributed by atoms with Crippen molar-refractivity contribution in [2.24, 2.45) is 5.92 Å². The normalized spacial score (nSPS) is 20.8. The number of benzene rings is 1. The number of nitrogens with zero attached hydrogens (tertiary/aromatic N) is 3. The molecule has 168 valence electrons. The van der Waals surface area contributed by atoms with Crippen LogP contribution >= 0.6 is 11.6 Å². The van der Waals surface area contributed by atoms with Crippen LogP contribution in [0.15, 0.2) is 27.6 Å². The van der Waals surface area contributed by atoms with Crippen LogP contribution in [0.4, 0.5) is 0 Å². The SMILES string of the molecule is Cc1nc(-c2ccc(Cl)c(S(=O)(=O)N3CCC(C(=O)NC[C@@H]4CCCO4)CC3)c2)no1. The predicted octanol–water partition coefficient (Wildman–Crippen LogP) is 2.39. The molecule has 0 spiro atoms. The molecule has 1 N–H and O–H groups in total. The van der Waals surface area contributed by atoms with Gasteiger partial charge < -0.3 is 14.6 Å². The fourth-order valence-electron chi connectivity index (χ4n) is 3.92. The maximum atomic E-state index is 13.2. The van der Waals surface area contributed by atoms with E-state index in [0.29, 0.717) is 36.7 Å². The van der Waals surface area contributed by atoms with Gasteiger partial charge in [0.25, 0.3) is 0 Å². The summed E-state index contributed by atoms with van der Waals surface area (Å²) < 4.78 is 38.3. The van der Waals surface area contributed by atoms with E-state index in [1.54, 1.807) is 13.0 Å². The number of rotatable bonds is 6. The second-order valence-electron chi connectivity index (χ2n) is 7.84. The van der Waals surface area contributed by atoms with Crippen LogP contribution < -0.4 is 5.32 Å². The van der Waals surface area contributed by atoms with Crippen LogP contribution in [0.5, 0.6) is 0 Å². The Kier molecular flexibility index (Phi) is 6.61. The average Bonchev–Trinajstić information content (AvgIpc) is 3.44. The summed E-state index contributed by atoms with van der Waals surface area (Å²) in [6, 6.07) is 4.62. The highest BCUT2D eigenvalue weighted by Gasteiger charge is 2.33. The van der Waals surface area contributed by atoms with Gasteiger partial charge in [0, 0.05) is 44.6 Å². The summed E-state index contributed by atoms with van der Waals surface area (Å²) in [6.45, 7) is 3.41. The van der Waals surface area contributed by atoms with Gasteiger partial charge in [0.05, 0.1) is 11.1 Å². The van der Waals surface area contributed by atoms with Crippen molar-refractivity contribution in [2.45, 2.75) is 43.6 Å². The van der Waals surface area contributed by atoms with Crippen LogP contribution in [0.3, 0.4) is 0 Å². The molecule has 0 aliphatic carbocycles. The fourth-order valence-corrected chi connectivity index (χ4v) is 5.89. The topological polar surface area (TPSA) is 115 Å². The van der Waals surface area contributed by atoms with Crippen molar-refractivity contribution < 1.29 is 22.5 Å². The summed E-state index contributed by atoms with van der Waals surface area (Å²) in [6.07, 6.45) is 2.98. The molecular weight excluding hydrogens is 444 g/mol. The van der Waals surface area contributed by atoms with E-state index in [1.165, 1.54) is 16.4 Å². The monoisotopic (exact) mass is 468 g/mol. The van der Waals surface area contributed by atoms with E-state index in [2.05, 4.69) is 15.5 Å². The second-order valence-corrected chi connectivity index (χ2v) is 10.2. The second kappa shape index (κ2) is 9.23. The van der Waals surface area contributed by atoms with Gasteiger partial charge in [-0.2, -0.15) is 9.29 Å². The number of ether oxygens (including phenoxy) is 1. The van der Waals surface area contributed by atoms with Crippen molar-refractivity contribution in [3.05, 3.63) is 29.1 Å². The third kappa shape index (κ3) is 4.92. The minimum atomic E-state index is -3.83. The van der Waals surface area contributed by atoms with Crippen molar-refractivity contribution in [3.8, 4) is 11.4 Å². The molecule has 2 aliphatic heterocycles. The van der Waals surface area contributed by atoms with E-state index >= 15 is 0 Å². The number of carbonyl (C=O) groups is 1. The number of nitrogens with one attached hydrogen (secondary N) is 1. The number of aromatic nitrogens is 2. The van der Waals surface area contributed by atoms with Gasteiger partial charge in [-0.25, -0.2) is 8.42 Å². The van der Waals surface area contributed by atoms with Crippen molar-refractivity contribution >= 4 is 27.5 Å². The van der Waals surface area contributed by atoms with Crippen LogP contribution in [0.1, 0.15) is 31.6 Å². The number of aryl methyl sites for hydroxylation is 1. The van der Waals surface area contributed by atoms with Gasteiger partial charge in [-0.1, -0.05) is 16.8 Å². The number of sulfonamides is 1. The summed E-state index contributed by atoms with van der Waals surface area (Å²) in [5, 5.41) is 6.90. The van der Waals surface area contributed by atoms with Crippen LogP contribution in [0.25, 0.3) is 11.4 Å². The van der Waals surface area contributed by atoms with Crippen molar-refractivity contribution in [2.75, 3.05) is 26.2 Å². The highest BCUT2D eigenvalue weighted by molar-refractivity contribution is 7.89. The predicted molar refractivity (Wildman–Crippen MR) is 113 cm³/mol. The van der Waals surface area contributed by atoms with Crippen molar-refractivity contribution in [1.82, 2.24) is 19.8 Å². The first-order chi connectivity index (χ1) is 14.8. The quantitative estimate of drug-likeness (QED) is 0.692. The molecule has 0 unspecified atom stereocenters. The van der Waals surface area contributed by atoms with E-state index in [0.717, 1.165) is 19.4 Å². The molecule has 1 aromatic heterocycles. The molecule has 2 aromatic rings. The first kappa shape index (κ1) is 22.2. The van der Waals surface area contributed by atoms with Crippen LogP contribution in [-0.2, 0) is 19.6 Å². The van der Waals surface area contributed by atoms with Crippen LogP contribution in [0, 0.1) is 12.8 Å². The van der Waals surface area contributed by atoms with Crippen LogP contribution in [0.2, 0.25) is 5.02 Å². The fraction of sp³-hybridized carbons (Fsp3) is 0.550. The molecule has 1 atom stereocenters. The lowest BCUT2D eigenvalue weighted by Crippen LogP contribution is -2.44. The van der Waals surface area contributed by atoms with Crippen molar-refractivity contribution in [3.63, 3.8) is 0 Å². The van der Waals surface area contributed by atoms with Gasteiger partial charge in [-0.3, -0.25) is 4.79 Å². The van der Waals surface area contributed by atoms with E-state index in [4.69, 9.17) is 20.9 Å². The Balaban J connectivity index is 1.41. The Labute approximate surface area is 186 Å². The first-order valence-corrected chi connectivity index (χ1v) is 12.2. The lowest BCUT2D eigenvalue weighted by molar-refractivity contribution is -0.126. The summed E-state index contributed by atoms with van der Waals surface area (Å²) in [7, 11) is -3.83. The molecule has 1 amide bonds. The Morgan fingerprint density at radius 3 is 2.71 bits per heavy atom. The molecule has 9 nitrogen and oxygen atoms in total. The van der Waals surface area contributed by atoms with E-state index in [-0.39, 0.29) is 40.9 Å². The van der Waals surface area contributed by atoms with Gasteiger partial charge in [0.2, 0.25) is 27.6 Å². The minimum absolute atomic E-state index is 0.00426. The molecule has 11 heteroatoms. The molecule has 2 saturated heterocycles. The lowest BCUT2D eigenvalue weighted by Gasteiger charge is -2.31. The van der Waals surface area contributed by atoms with Gasteiger partial charge >= 0.3 is 0 Å². The minimum Gasteiger partial charge on any atom is -0.376 e. The number of hydrogen-bond acceptors (Lipinski definition) is 7. The number of hydrogen-bond donors (Lipinski definition) is 1. The standard InChI is InChI=1S/C20H25ClN4O5S/c1-13-23-19(24-30-13)15-4-5-17(21)18(11-15)31(27,28)25-8-6-14(7-9-25)20(26)22-12-16-3-2-10-29-16/h4-5,11,14,16H,2-3,6-10,12H2,1H3,(H,22,26)/t16-/m0/s1. The summed E-state index contributed by atoms with van der Waals surface area (Å²) >= 11 is 6.23. The third-order valence-corrected chi connectivity index (χ3v) is 8.07. The van der Waals surface area contributed by atoms with Crippen molar-refractivity contribution in [1.29, 1.82) is 0 Å². The van der Waals surface area contributed by atoms with Crippen LogP contribution in [-0.4, -0.2) is 61.1 Å². The molecule has 0 bridgehead atoms. The zero-order valence-corrected chi connectivity index (χ0v) is 18.8. The molecule has 3 heterocycles. The Hall–Kier alpha value is -2.01. The smallest absolute Gasteiger partial charge is 0.244 e. The highest BCUT2D eigenvalue weighted by atomic mass is 35.5. The number of carbonyl (C=O) groups excluding carboxylic acids is 1. The summed E-state index contributed by atoms with van der Waals surface area (Å²) in [5.41, 5.74) is 0.503. The lowest BCUT2D eigenvalue weighted by atomic mass is 9.97. The van der Waals surface area contributed by atoms with E-state index in [1.807, 2.05) is 0 Å². The average molecular weight is 469 g/mol. The Morgan fingerprint density at radius 2 is 2.06 bits per heavy atom. The molecule has 0 saturated carbocycles. The summed E-state index contributed by atoms with van der Waals surface area (Å²) in [4.78, 5) is 16.6. The molecule has 2 fully saturated rings. The molecule has 0 radical (unpaired) electrons. The van der Waals surface area contributed by atoms with E-state index < -0.39 is 10.0 Å². The van der Waals surface area contributed by atoms with Gasteiger partial charge in [0.15, 0.2) is 0 Å². The first-order valence-electron chi connectivity index (χ1n) is 10.3. The molecule has 1 aromatic carbocycles. The largest absolute Gasteiger partial charge is 0.376 e. The molecular formula is C20H25ClN4O5S. The Bertz CT molecular complexity index is 1040. The zero-order valence-electron chi connectivity index (χ0n) is 17.2. The highest BCUT2D eigenvalue weighted by Crippen LogP contribution is 2.31. The van der Waals surface area contributed by atoms with Gasteiger partial charge in [-0.05, 0) is 43.9 Å². The maximum Gasteiger partial charge on any atom is 0.244 e. The zero-order chi connectivity index (χ0) is 22.0.